The Bertz CT molecular complexity index is 2040. The summed E-state index contributed by atoms with van der Waals surface area (Å²) in [6.07, 6.45) is 2.77. The van der Waals surface area contributed by atoms with Gasteiger partial charge in [-0.1, -0.05) is 60.7 Å². The van der Waals surface area contributed by atoms with Crippen molar-refractivity contribution in [3.63, 3.8) is 0 Å². The Balaban J connectivity index is 1.04. The zero-order valence-electron chi connectivity index (χ0n) is 24.9. The van der Waals surface area contributed by atoms with Gasteiger partial charge in [0.25, 0.3) is 0 Å². The maximum Gasteiger partial charge on any atom is 0.411 e. The summed E-state index contributed by atoms with van der Waals surface area (Å²) in [6, 6.07) is 31.9. The number of nitriles is 1. The molecule has 0 unspecified atom stereocenters. The van der Waals surface area contributed by atoms with Crippen LogP contribution in [0.5, 0.6) is 0 Å². The number of rotatable bonds is 6. The molecule has 1 N–H and O–H groups in total. The maximum atomic E-state index is 12.4. The summed E-state index contributed by atoms with van der Waals surface area (Å²) in [5.74, 6) is 0. The number of fused-ring (bicyclic) bond motifs is 3. The van der Waals surface area contributed by atoms with Gasteiger partial charge in [0.05, 0.1) is 23.0 Å². The zero-order chi connectivity index (χ0) is 30.8. The van der Waals surface area contributed by atoms with E-state index in [1.165, 1.54) is 5.56 Å². The zero-order valence-corrected chi connectivity index (χ0v) is 24.9. The minimum Gasteiger partial charge on any atom is -0.446 e. The highest BCUT2D eigenvalue weighted by Gasteiger charge is 2.23. The minimum absolute atomic E-state index is 0.140. The van der Waals surface area contributed by atoms with Crippen molar-refractivity contribution in [2.45, 2.75) is 32.4 Å². The largest absolute Gasteiger partial charge is 0.446 e. The van der Waals surface area contributed by atoms with E-state index in [9.17, 15) is 4.79 Å². The second-order valence-electron chi connectivity index (χ2n) is 11.4. The molecule has 0 bridgehead atoms. The van der Waals surface area contributed by atoms with Crippen LogP contribution in [0.2, 0.25) is 0 Å². The third-order valence-corrected chi connectivity index (χ3v) is 8.14. The Morgan fingerprint density at radius 3 is 2.56 bits per heavy atom. The highest BCUT2D eigenvalue weighted by atomic mass is 16.6. The number of benzene rings is 3. The molecular weight excluding hydrogens is 562 g/mol. The molecule has 1 fully saturated rings. The van der Waals surface area contributed by atoms with Crippen LogP contribution >= 0.6 is 0 Å². The average Bonchev–Trinajstić information content (AvgIpc) is 3.46. The fourth-order valence-electron chi connectivity index (χ4n) is 5.89. The Hall–Kier alpha value is -5.59. The number of ether oxygens (including phenoxy) is 1. The van der Waals surface area contributed by atoms with E-state index in [-0.39, 0.29) is 6.10 Å². The van der Waals surface area contributed by atoms with Crippen LogP contribution in [-0.2, 0) is 11.3 Å². The molecule has 3 aromatic heterocycles. The van der Waals surface area contributed by atoms with Crippen LogP contribution in [0.1, 0.15) is 29.7 Å². The van der Waals surface area contributed by atoms with Gasteiger partial charge in [-0.25, -0.2) is 14.8 Å². The van der Waals surface area contributed by atoms with Gasteiger partial charge >= 0.3 is 6.09 Å². The first-order valence-corrected chi connectivity index (χ1v) is 15.0. The van der Waals surface area contributed by atoms with E-state index in [0.29, 0.717) is 11.3 Å². The molecule has 9 nitrogen and oxygen atoms in total. The minimum atomic E-state index is -0.490. The summed E-state index contributed by atoms with van der Waals surface area (Å²) in [4.78, 5) is 24.6. The molecule has 0 spiro atoms. The number of nitrogens with one attached hydrogen (secondary N) is 1. The molecule has 4 heterocycles. The Kier molecular flexibility index (Phi) is 7.64. The highest BCUT2D eigenvalue weighted by Crippen LogP contribution is 2.34. The lowest BCUT2D eigenvalue weighted by molar-refractivity contribution is 0.0567. The first kappa shape index (κ1) is 28.2. The molecular formula is C36H31N7O2. The molecule has 1 amide bonds. The van der Waals surface area contributed by atoms with Crippen molar-refractivity contribution in [3.05, 3.63) is 114 Å². The van der Waals surface area contributed by atoms with Gasteiger partial charge in [-0.15, -0.1) is 0 Å². The molecule has 45 heavy (non-hydrogen) atoms. The number of hydrogen-bond acceptors (Lipinski definition) is 7. The van der Waals surface area contributed by atoms with Gasteiger partial charge < -0.3 is 4.74 Å². The van der Waals surface area contributed by atoms with Crippen molar-refractivity contribution < 1.29 is 9.53 Å². The molecule has 3 aromatic carbocycles. The van der Waals surface area contributed by atoms with Gasteiger partial charge in [-0.3, -0.25) is 10.2 Å². The molecule has 0 aliphatic carbocycles. The van der Waals surface area contributed by atoms with Crippen molar-refractivity contribution in [1.29, 1.82) is 5.26 Å². The van der Waals surface area contributed by atoms with E-state index in [0.717, 1.165) is 77.2 Å². The number of aryl methyl sites for hydroxylation is 1. The van der Waals surface area contributed by atoms with Crippen LogP contribution in [0.4, 0.5) is 10.5 Å². The second-order valence-corrected chi connectivity index (χ2v) is 11.4. The molecule has 0 radical (unpaired) electrons. The Morgan fingerprint density at radius 2 is 1.78 bits per heavy atom. The second kappa shape index (κ2) is 12.2. The van der Waals surface area contributed by atoms with Crippen molar-refractivity contribution in [1.82, 2.24) is 24.5 Å². The Labute approximate surface area is 260 Å². The summed E-state index contributed by atoms with van der Waals surface area (Å²) in [6.45, 7) is 4.45. The summed E-state index contributed by atoms with van der Waals surface area (Å²) >= 11 is 0. The number of likely N-dealkylation sites (tertiary alicyclic amines) is 1. The molecule has 6 aromatic rings. The van der Waals surface area contributed by atoms with Crippen LogP contribution < -0.4 is 5.32 Å². The van der Waals surface area contributed by atoms with Gasteiger partial charge in [0.1, 0.15) is 6.10 Å². The molecule has 9 heteroatoms. The third kappa shape index (κ3) is 6.09. The number of aromatic nitrogens is 4. The van der Waals surface area contributed by atoms with Crippen molar-refractivity contribution >= 4 is 28.5 Å². The number of pyridine rings is 1. The van der Waals surface area contributed by atoms with Gasteiger partial charge in [0.15, 0.2) is 11.3 Å². The summed E-state index contributed by atoms with van der Waals surface area (Å²) < 4.78 is 7.48. The number of piperidine rings is 1. The van der Waals surface area contributed by atoms with Crippen LogP contribution in [0.25, 0.3) is 39.1 Å². The number of carbonyl (C=O) groups excluding carboxylic acids is 1. The van der Waals surface area contributed by atoms with Gasteiger partial charge in [-0.2, -0.15) is 14.9 Å². The third-order valence-electron chi connectivity index (χ3n) is 8.14. The molecule has 1 aliphatic rings. The SMILES string of the molecule is Cc1cc2ncc3cc(-c4ccccc4)c(-c4ccc(CN5CCC(OC(=O)Nc6cccc(C#N)c6)CC5)cc4)nc3n2n1. The smallest absolute Gasteiger partial charge is 0.411 e. The lowest BCUT2D eigenvalue weighted by Gasteiger charge is -2.31. The molecule has 1 saturated heterocycles. The predicted molar refractivity (Wildman–Crippen MR) is 173 cm³/mol. The van der Waals surface area contributed by atoms with E-state index >= 15 is 0 Å². The molecule has 7 rings (SSSR count). The van der Waals surface area contributed by atoms with Crippen LogP contribution in [-0.4, -0.2) is 49.8 Å². The van der Waals surface area contributed by atoms with Crippen molar-refractivity contribution in [2.24, 2.45) is 0 Å². The lowest BCUT2D eigenvalue weighted by Crippen LogP contribution is -2.38. The predicted octanol–water partition coefficient (Wildman–Crippen LogP) is 7.00. The first-order valence-electron chi connectivity index (χ1n) is 15.0. The molecule has 1 aliphatic heterocycles. The number of anilines is 1. The van der Waals surface area contributed by atoms with Crippen LogP contribution in [0, 0.1) is 18.3 Å². The van der Waals surface area contributed by atoms with Gasteiger partial charge in [0, 0.05) is 54.1 Å². The van der Waals surface area contributed by atoms with Crippen molar-refractivity contribution in [2.75, 3.05) is 18.4 Å². The normalized spacial score (nSPS) is 14.0. The number of carbonyl (C=O) groups is 1. The van der Waals surface area contributed by atoms with E-state index < -0.39 is 6.09 Å². The molecule has 0 atom stereocenters. The Morgan fingerprint density at radius 1 is 0.978 bits per heavy atom. The van der Waals surface area contributed by atoms with Crippen molar-refractivity contribution in [3.8, 4) is 28.5 Å². The lowest BCUT2D eigenvalue weighted by atomic mass is 9.97. The van der Waals surface area contributed by atoms with Gasteiger partial charge in [-0.05, 0) is 55.2 Å². The summed E-state index contributed by atoms with van der Waals surface area (Å²) in [5, 5.41) is 17.4. The monoisotopic (exact) mass is 593 g/mol. The fraction of sp³-hybridized carbons (Fsp3) is 0.194. The van der Waals surface area contributed by atoms with E-state index in [4.69, 9.17) is 15.0 Å². The maximum absolute atomic E-state index is 12.4. The quantitative estimate of drug-likeness (QED) is 0.221. The molecule has 0 saturated carbocycles. The van der Waals surface area contributed by atoms with Crippen LogP contribution in [0.3, 0.4) is 0 Å². The summed E-state index contributed by atoms with van der Waals surface area (Å²) in [5.41, 5.74) is 8.78. The van der Waals surface area contributed by atoms with E-state index in [1.807, 2.05) is 41.9 Å². The summed E-state index contributed by atoms with van der Waals surface area (Å²) in [7, 11) is 0. The van der Waals surface area contributed by atoms with Crippen LogP contribution in [0.15, 0.2) is 97.2 Å². The fourth-order valence-corrected chi connectivity index (χ4v) is 5.89. The van der Waals surface area contributed by atoms with E-state index in [2.05, 4.69) is 68.8 Å². The van der Waals surface area contributed by atoms with E-state index in [1.54, 1.807) is 24.3 Å². The number of hydrogen-bond donors (Lipinski definition) is 1. The number of nitrogens with zero attached hydrogens (tertiary/aromatic N) is 6. The van der Waals surface area contributed by atoms with Gasteiger partial charge in [0.2, 0.25) is 0 Å². The standard InChI is InChI=1S/C36H31N7O2/c1-24-18-33-38-22-29-20-32(27-7-3-2-4-8-27)34(40-35(29)43(33)41-24)28-12-10-25(11-13-28)23-42-16-14-31(15-17-42)45-36(44)39-30-9-5-6-26(19-30)21-37/h2-13,18-20,22,31H,14-17,23H2,1H3,(H,39,44). The first-order chi connectivity index (χ1) is 22.0. The highest BCUT2D eigenvalue weighted by molar-refractivity contribution is 5.90. The average molecular weight is 594 g/mol. The topological polar surface area (TPSA) is 108 Å². The number of amides is 1. The molecule has 222 valence electrons.